The fourth-order valence-corrected chi connectivity index (χ4v) is 3.94. The van der Waals surface area contributed by atoms with E-state index in [1.54, 1.807) is 12.0 Å². The molecule has 7 nitrogen and oxygen atoms in total. The molecule has 0 bridgehead atoms. The Balaban J connectivity index is 1.49. The van der Waals surface area contributed by atoms with Gasteiger partial charge < -0.3 is 15.0 Å². The summed E-state index contributed by atoms with van der Waals surface area (Å²) in [5.74, 6) is 0.786. The Labute approximate surface area is 160 Å². The standard InChI is InChI=1S/C20H30N4O3/c1-14-16-5-3-4-6-17(16)23-18(22-14)9-10-21-20(26)15-7-8-19(25)24(13-15)11-12-27-2/h15H,3-13H2,1-2H3,(H,21,26)/t15-/m0/s1. The van der Waals surface area contributed by atoms with Gasteiger partial charge in [0.1, 0.15) is 5.82 Å². The number of nitrogens with zero attached hydrogens (tertiary/aromatic N) is 3. The van der Waals surface area contributed by atoms with Crippen molar-refractivity contribution < 1.29 is 14.3 Å². The van der Waals surface area contributed by atoms with Crippen LogP contribution in [-0.4, -0.2) is 60.0 Å². The minimum atomic E-state index is -0.147. The second-order valence-corrected chi connectivity index (χ2v) is 7.47. The minimum absolute atomic E-state index is 0.0135. The highest BCUT2D eigenvalue weighted by molar-refractivity contribution is 5.83. The third-order valence-corrected chi connectivity index (χ3v) is 5.52. The maximum atomic E-state index is 12.5. The van der Waals surface area contributed by atoms with Gasteiger partial charge in [-0.05, 0) is 44.6 Å². The van der Waals surface area contributed by atoms with Crippen LogP contribution in [0.15, 0.2) is 0 Å². The molecule has 1 aromatic heterocycles. The largest absolute Gasteiger partial charge is 0.383 e. The van der Waals surface area contributed by atoms with Crippen LogP contribution in [0.1, 0.15) is 48.5 Å². The number of ether oxygens (including phenoxy) is 1. The molecule has 0 aromatic carbocycles. The number of carbonyl (C=O) groups is 2. The first-order valence-electron chi connectivity index (χ1n) is 9.98. The third kappa shape index (κ3) is 5.03. The number of amides is 2. The van der Waals surface area contributed by atoms with E-state index >= 15 is 0 Å². The van der Waals surface area contributed by atoms with Crippen LogP contribution in [0.3, 0.4) is 0 Å². The summed E-state index contributed by atoms with van der Waals surface area (Å²) in [6.07, 6.45) is 6.21. The maximum Gasteiger partial charge on any atom is 0.224 e. The fourth-order valence-electron chi connectivity index (χ4n) is 3.94. The van der Waals surface area contributed by atoms with Crippen molar-refractivity contribution in [2.24, 2.45) is 5.92 Å². The van der Waals surface area contributed by atoms with Crippen molar-refractivity contribution >= 4 is 11.8 Å². The average molecular weight is 374 g/mol. The van der Waals surface area contributed by atoms with Gasteiger partial charge in [-0.25, -0.2) is 9.97 Å². The SMILES string of the molecule is COCCN1C[C@@H](C(=O)NCCc2nc(C)c3c(n2)CCCC3)CCC1=O. The van der Waals surface area contributed by atoms with Crippen molar-refractivity contribution in [1.29, 1.82) is 0 Å². The van der Waals surface area contributed by atoms with Crippen LogP contribution in [0.2, 0.25) is 0 Å². The summed E-state index contributed by atoms with van der Waals surface area (Å²) >= 11 is 0. The first kappa shape index (κ1) is 19.7. The van der Waals surface area contributed by atoms with Gasteiger partial charge in [0.2, 0.25) is 11.8 Å². The van der Waals surface area contributed by atoms with Crippen LogP contribution in [0.4, 0.5) is 0 Å². The summed E-state index contributed by atoms with van der Waals surface area (Å²) < 4.78 is 5.04. The van der Waals surface area contributed by atoms with E-state index < -0.39 is 0 Å². The molecule has 1 saturated heterocycles. The Morgan fingerprint density at radius 2 is 2.07 bits per heavy atom. The van der Waals surface area contributed by atoms with Gasteiger partial charge >= 0.3 is 0 Å². The molecular formula is C20H30N4O3. The van der Waals surface area contributed by atoms with E-state index in [1.165, 1.54) is 24.1 Å². The third-order valence-electron chi connectivity index (χ3n) is 5.52. The molecule has 1 fully saturated rings. The zero-order chi connectivity index (χ0) is 19.2. The van der Waals surface area contributed by atoms with E-state index in [0.717, 1.165) is 24.4 Å². The molecule has 1 aliphatic carbocycles. The lowest BCUT2D eigenvalue weighted by molar-refractivity contribution is -0.138. The molecule has 1 aliphatic heterocycles. The Hall–Kier alpha value is -2.02. The molecule has 0 radical (unpaired) electrons. The van der Waals surface area contributed by atoms with Crippen molar-refractivity contribution in [3.05, 3.63) is 22.8 Å². The molecule has 3 rings (SSSR count). The second-order valence-electron chi connectivity index (χ2n) is 7.47. The number of aromatic nitrogens is 2. The molecule has 2 heterocycles. The van der Waals surface area contributed by atoms with E-state index in [-0.39, 0.29) is 17.7 Å². The summed E-state index contributed by atoms with van der Waals surface area (Å²) in [5.41, 5.74) is 3.59. The topological polar surface area (TPSA) is 84.4 Å². The first-order chi connectivity index (χ1) is 13.1. The number of fused-ring (bicyclic) bond motifs is 1. The Bertz CT molecular complexity index is 692. The molecule has 7 heteroatoms. The maximum absolute atomic E-state index is 12.5. The van der Waals surface area contributed by atoms with Gasteiger partial charge in [0.25, 0.3) is 0 Å². The summed E-state index contributed by atoms with van der Waals surface area (Å²) in [7, 11) is 1.61. The minimum Gasteiger partial charge on any atom is -0.383 e. The lowest BCUT2D eigenvalue weighted by Crippen LogP contribution is -2.47. The molecule has 0 saturated carbocycles. The van der Waals surface area contributed by atoms with Crippen LogP contribution >= 0.6 is 0 Å². The summed E-state index contributed by atoms with van der Waals surface area (Å²) in [4.78, 5) is 35.5. The van der Waals surface area contributed by atoms with Gasteiger partial charge in [-0.2, -0.15) is 0 Å². The van der Waals surface area contributed by atoms with Gasteiger partial charge in [-0.1, -0.05) is 0 Å². The number of piperidine rings is 1. The normalized spacial score (nSPS) is 19.7. The van der Waals surface area contributed by atoms with Gasteiger partial charge in [-0.15, -0.1) is 0 Å². The van der Waals surface area contributed by atoms with Crippen LogP contribution in [0.25, 0.3) is 0 Å². The van der Waals surface area contributed by atoms with Crippen LogP contribution in [0, 0.1) is 12.8 Å². The quantitative estimate of drug-likeness (QED) is 0.775. The van der Waals surface area contributed by atoms with Gasteiger partial charge in [-0.3, -0.25) is 9.59 Å². The number of hydrogen-bond donors (Lipinski definition) is 1. The Kier molecular flexibility index (Phi) is 6.77. The van der Waals surface area contributed by atoms with E-state index in [0.29, 0.717) is 45.5 Å². The molecule has 0 unspecified atom stereocenters. The molecule has 148 valence electrons. The summed E-state index contributed by atoms with van der Waals surface area (Å²) in [6, 6.07) is 0. The number of aryl methyl sites for hydroxylation is 2. The Morgan fingerprint density at radius 1 is 1.26 bits per heavy atom. The highest BCUT2D eigenvalue weighted by Gasteiger charge is 2.29. The summed E-state index contributed by atoms with van der Waals surface area (Å²) in [5, 5.41) is 3.00. The van der Waals surface area contributed by atoms with E-state index in [4.69, 9.17) is 9.72 Å². The van der Waals surface area contributed by atoms with Crippen LogP contribution in [-0.2, 0) is 33.6 Å². The zero-order valence-corrected chi connectivity index (χ0v) is 16.4. The molecule has 1 N–H and O–H groups in total. The molecule has 2 amide bonds. The monoisotopic (exact) mass is 374 g/mol. The van der Waals surface area contributed by atoms with Gasteiger partial charge in [0.15, 0.2) is 0 Å². The number of likely N-dealkylation sites (tertiary alicyclic amines) is 1. The van der Waals surface area contributed by atoms with Crippen molar-refractivity contribution in [3.63, 3.8) is 0 Å². The van der Waals surface area contributed by atoms with Crippen LogP contribution < -0.4 is 5.32 Å². The van der Waals surface area contributed by atoms with Crippen molar-refractivity contribution in [2.45, 2.75) is 51.9 Å². The molecular weight excluding hydrogens is 344 g/mol. The number of nitrogens with one attached hydrogen (secondary N) is 1. The molecule has 2 aliphatic rings. The zero-order valence-electron chi connectivity index (χ0n) is 16.4. The van der Waals surface area contributed by atoms with E-state index in [1.807, 2.05) is 0 Å². The van der Waals surface area contributed by atoms with Crippen molar-refractivity contribution in [1.82, 2.24) is 20.2 Å². The first-order valence-corrected chi connectivity index (χ1v) is 9.98. The number of methoxy groups -OCH3 is 1. The molecule has 0 spiro atoms. The molecule has 1 aromatic rings. The van der Waals surface area contributed by atoms with E-state index in [2.05, 4.69) is 17.2 Å². The van der Waals surface area contributed by atoms with E-state index in [9.17, 15) is 9.59 Å². The second kappa shape index (κ2) is 9.26. The predicted molar refractivity (Wildman–Crippen MR) is 101 cm³/mol. The highest BCUT2D eigenvalue weighted by Crippen LogP contribution is 2.22. The number of rotatable bonds is 7. The number of carbonyl (C=O) groups excluding carboxylic acids is 2. The Morgan fingerprint density at radius 3 is 2.89 bits per heavy atom. The average Bonchev–Trinajstić information content (AvgIpc) is 2.67. The summed E-state index contributed by atoms with van der Waals surface area (Å²) in [6.45, 7) is 4.10. The molecule has 27 heavy (non-hydrogen) atoms. The lowest BCUT2D eigenvalue weighted by atomic mass is 9.95. The highest BCUT2D eigenvalue weighted by atomic mass is 16.5. The number of hydrogen-bond acceptors (Lipinski definition) is 5. The fraction of sp³-hybridized carbons (Fsp3) is 0.700. The van der Waals surface area contributed by atoms with Crippen molar-refractivity contribution in [2.75, 3.05) is 33.4 Å². The van der Waals surface area contributed by atoms with Gasteiger partial charge in [0.05, 0.1) is 12.5 Å². The molecule has 1 atom stereocenters. The lowest BCUT2D eigenvalue weighted by Gasteiger charge is -2.31. The van der Waals surface area contributed by atoms with Gasteiger partial charge in [0, 0.05) is 51.0 Å². The predicted octanol–water partition coefficient (Wildman–Crippen LogP) is 1.21. The van der Waals surface area contributed by atoms with Crippen molar-refractivity contribution in [3.8, 4) is 0 Å². The van der Waals surface area contributed by atoms with Crippen LogP contribution in [0.5, 0.6) is 0 Å². The smallest absolute Gasteiger partial charge is 0.224 e.